The van der Waals surface area contributed by atoms with Crippen molar-refractivity contribution in [1.29, 1.82) is 0 Å². The van der Waals surface area contributed by atoms with Crippen molar-refractivity contribution >= 4 is 23.0 Å². The second-order valence-corrected chi connectivity index (χ2v) is 3.13. The summed E-state index contributed by atoms with van der Waals surface area (Å²) >= 11 is 4.82. The van der Waals surface area contributed by atoms with Gasteiger partial charge >= 0.3 is 0 Å². The van der Waals surface area contributed by atoms with Gasteiger partial charge in [-0.05, 0) is 12.1 Å². The van der Waals surface area contributed by atoms with Gasteiger partial charge in [0.1, 0.15) is 10.8 Å². The van der Waals surface area contributed by atoms with Gasteiger partial charge in [0.05, 0.1) is 12.3 Å². The summed E-state index contributed by atoms with van der Waals surface area (Å²) in [5.41, 5.74) is 6.08. The van der Waals surface area contributed by atoms with Crippen LogP contribution in [0, 0.1) is 0 Å². The normalized spacial score (nSPS) is 9.79. The molecule has 0 aliphatic heterocycles. The lowest BCUT2D eigenvalue weighted by Crippen LogP contribution is -2.14. The number of methoxy groups -OCH3 is 1. The molecule has 0 amide bonds. The zero-order valence-corrected chi connectivity index (χ0v) is 8.80. The standard InChI is InChI=1S/C9H13N3OS/c1-13-6-5-11-8-4-2-3-7(12-8)9(10)14/h2-4H,5-6H2,1H3,(H2,10,14)(H,11,12). The first kappa shape index (κ1) is 10.9. The summed E-state index contributed by atoms with van der Waals surface area (Å²) in [4.78, 5) is 4.52. The SMILES string of the molecule is COCCNc1cccc(C(N)=S)n1. The van der Waals surface area contributed by atoms with E-state index in [2.05, 4.69) is 10.3 Å². The zero-order chi connectivity index (χ0) is 10.4. The first-order valence-corrected chi connectivity index (χ1v) is 4.64. The highest BCUT2D eigenvalue weighted by molar-refractivity contribution is 7.80. The smallest absolute Gasteiger partial charge is 0.126 e. The molecule has 1 aromatic rings. The van der Waals surface area contributed by atoms with Crippen molar-refractivity contribution in [3.63, 3.8) is 0 Å². The summed E-state index contributed by atoms with van der Waals surface area (Å²) in [7, 11) is 1.65. The molecule has 14 heavy (non-hydrogen) atoms. The molecular formula is C9H13N3OS. The Labute approximate surface area is 88.5 Å². The third kappa shape index (κ3) is 3.27. The van der Waals surface area contributed by atoms with Gasteiger partial charge in [-0.15, -0.1) is 0 Å². The van der Waals surface area contributed by atoms with Crippen LogP contribution in [-0.4, -0.2) is 30.2 Å². The molecule has 3 N–H and O–H groups in total. The third-order valence-corrected chi connectivity index (χ3v) is 1.82. The number of thiocarbonyl (C=S) groups is 1. The van der Waals surface area contributed by atoms with Crippen LogP contribution in [0.3, 0.4) is 0 Å². The summed E-state index contributed by atoms with van der Waals surface area (Å²) in [5, 5.41) is 3.09. The number of nitrogens with one attached hydrogen (secondary N) is 1. The van der Waals surface area contributed by atoms with E-state index in [9.17, 15) is 0 Å². The van der Waals surface area contributed by atoms with Gasteiger partial charge in [0, 0.05) is 13.7 Å². The molecule has 0 aliphatic rings. The van der Waals surface area contributed by atoms with Gasteiger partial charge in [-0.25, -0.2) is 4.98 Å². The maximum absolute atomic E-state index is 5.45. The Bertz CT molecular complexity index is 317. The fourth-order valence-electron chi connectivity index (χ4n) is 0.952. The van der Waals surface area contributed by atoms with Crippen LogP contribution < -0.4 is 11.1 Å². The van der Waals surface area contributed by atoms with Gasteiger partial charge in [-0.2, -0.15) is 0 Å². The fourth-order valence-corrected chi connectivity index (χ4v) is 1.07. The molecule has 0 fully saturated rings. The second kappa shape index (κ2) is 5.51. The first-order valence-electron chi connectivity index (χ1n) is 4.23. The molecule has 0 radical (unpaired) electrons. The number of anilines is 1. The topological polar surface area (TPSA) is 60.2 Å². The lowest BCUT2D eigenvalue weighted by atomic mass is 10.3. The van der Waals surface area contributed by atoms with Crippen LogP contribution in [0.15, 0.2) is 18.2 Å². The monoisotopic (exact) mass is 211 g/mol. The largest absolute Gasteiger partial charge is 0.388 e. The third-order valence-electron chi connectivity index (χ3n) is 1.61. The minimum atomic E-state index is 0.306. The molecule has 0 saturated carbocycles. The summed E-state index contributed by atoms with van der Waals surface area (Å²) in [6.45, 7) is 1.35. The molecule has 1 rings (SSSR count). The van der Waals surface area contributed by atoms with E-state index in [1.807, 2.05) is 12.1 Å². The molecule has 4 nitrogen and oxygen atoms in total. The van der Waals surface area contributed by atoms with Gasteiger partial charge in [0.15, 0.2) is 0 Å². The molecule has 1 heterocycles. The average molecular weight is 211 g/mol. The van der Waals surface area contributed by atoms with E-state index < -0.39 is 0 Å². The Balaban J connectivity index is 2.59. The van der Waals surface area contributed by atoms with Crippen LogP contribution in [0.5, 0.6) is 0 Å². The summed E-state index contributed by atoms with van der Waals surface area (Å²) in [6, 6.07) is 5.50. The van der Waals surface area contributed by atoms with Crippen molar-refractivity contribution in [2.75, 3.05) is 25.6 Å². The predicted octanol–water partition coefficient (Wildman–Crippen LogP) is 0.774. The predicted molar refractivity (Wildman–Crippen MR) is 60.5 cm³/mol. The van der Waals surface area contributed by atoms with Crippen LogP contribution in [0.25, 0.3) is 0 Å². The van der Waals surface area contributed by atoms with Gasteiger partial charge in [0.25, 0.3) is 0 Å². The second-order valence-electron chi connectivity index (χ2n) is 2.69. The highest BCUT2D eigenvalue weighted by atomic mass is 32.1. The molecule has 1 aromatic heterocycles. The van der Waals surface area contributed by atoms with Crippen molar-refractivity contribution in [3.8, 4) is 0 Å². The van der Waals surface area contributed by atoms with Crippen molar-refractivity contribution in [2.24, 2.45) is 5.73 Å². The van der Waals surface area contributed by atoms with Crippen molar-refractivity contribution in [1.82, 2.24) is 4.98 Å². The average Bonchev–Trinajstić information content (AvgIpc) is 2.19. The van der Waals surface area contributed by atoms with E-state index >= 15 is 0 Å². The van der Waals surface area contributed by atoms with Crippen LogP contribution >= 0.6 is 12.2 Å². The highest BCUT2D eigenvalue weighted by Gasteiger charge is 1.98. The Hall–Kier alpha value is -1.20. The Kier molecular flexibility index (Phi) is 4.28. The number of ether oxygens (including phenoxy) is 1. The molecular weight excluding hydrogens is 198 g/mol. The van der Waals surface area contributed by atoms with E-state index in [0.29, 0.717) is 23.8 Å². The lowest BCUT2D eigenvalue weighted by molar-refractivity contribution is 0.210. The van der Waals surface area contributed by atoms with Crippen molar-refractivity contribution < 1.29 is 4.74 Å². The summed E-state index contributed by atoms with van der Waals surface area (Å²) in [6.07, 6.45) is 0. The molecule has 0 aromatic carbocycles. The van der Waals surface area contributed by atoms with Crippen LogP contribution in [-0.2, 0) is 4.74 Å². The summed E-state index contributed by atoms with van der Waals surface area (Å²) in [5.74, 6) is 0.757. The quantitative estimate of drug-likeness (QED) is 0.556. The molecule has 0 spiro atoms. The molecule has 0 bridgehead atoms. The van der Waals surface area contributed by atoms with Crippen molar-refractivity contribution in [2.45, 2.75) is 0 Å². The fraction of sp³-hybridized carbons (Fsp3) is 0.333. The minimum absolute atomic E-state index is 0.306. The number of aromatic nitrogens is 1. The number of nitrogens with two attached hydrogens (primary N) is 1. The van der Waals surface area contributed by atoms with E-state index in [4.69, 9.17) is 22.7 Å². The van der Waals surface area contributed by atoms with E-state index in [0.717, 1.165) is 5.82 Å². The molecule has 5 heteroatoms. The highest BCUT2D eigenvalue weighted by Crippen LogP contribution is 2.03. The molecule has 0 saturated heterocycles. The number of hydrogen-bond donors (Lipinski definition) is 2. The Morgan fingerprint density at radius 1 is 1.64 bits per heavy atom. The van der Waals surface area contributed by atoms with E-state index in [1.165, 1.54) is 0 Å². The maximum atomic E-state index is 5.45. The molecule has 0 unspecified atom stereocenters. The Morgan fingerprint density at radius 2 is 2.43 bits per heavy atom. The van der Waals surface area contributed by atoms with Gasteiger partial charge in [-0.1, -0.05) is 18.3 Å². The maximum Gasteiger partial charge on any atom is 0.126 e. The van der Waals surface area contributed by atoms with Crippen LogP contribution in [0.1, 0.15) is 5.69 Å². The van der Waals surface area contributed by atoms with Crippen LogP contribution in [0.2, 0.25) is 0 Å². The van der Waals surface area contributed by atoms with Crippen LogP contribution in [0.4, 0.5) is 5.82 Å². The van der Waals surface area contributed by atoms with E-state index in [-0.39, 0.29) is 0 Å². The molecule has 0 atom stereocenters. The zero-order valence-electron chi connectivity index (χ0n) is 7.99. The van der Waals surface area contributed by atoms with Gasteiger partial charge in [0.2, 0.25) is 0 Å². The molecule has 0 aliphatic carbocycles. The van der Waals surface area contributed by atoms with Crippen molar-refractivity contribution in [3.05, 3.63) is 23.9 Å². The number of pyridine rings is 1. The van der Waals surface area contributed by atoms with Gasteiger partial charge in [-0.3, -0.25) is 0 Å². The number of nitrogens with zero attached hydrogens (tertiary/aromatic N) is 1. The Morgan fingerprint density at radius 3 is 3.07 bits per heavy atom. The summed E-state index contributed by atoms with van der Waals surface area (Å²) < 4.78 is 4.90. The first-order chi connectivity index (χ1) is 6.74. The lowest BCUT2D eigenvalue weighted by Gasteiger charge is -2.05. The number of rotatable bonds is 5. The van der Waals surface area contributed by atoms with E-state index in [1.54, 1.807) is 13.2 Å². The number of hydrogen-bond acceptors (Lipinski definition) is 4. The van der Waals surface area contributed by atoms with Gasteiger partial charge < -0.3 is 15.8 Å². The minimum Gasteiger partial charge on any atom is -0.388 e. The molecule has 76 valence electrons.